The van der Waals surface area contributed by atoms with Gasteiger partial charge in [-0.3, -0.25) is 10.1 Å². The van der Waals surface area contributed by atoms with Crippen LogP contribution in [0.5, 0.6) is 23.0 Å². The number of nitro groups is 1. The van der Waals surface area contributed by atoms with Crippen LogP contribution in [0.2, 0.25) is 0 Å². The zero-order valence-electron chi connectivity index (χ0n) is 14.1. The summed E-state index contributed by atoms with van der Waals surface area (Å²) in [7, 11) is 2.33. The van der Waals surface area contributed by atoms with Gasteiger partial charge in [-0.1, -0.05) is 7.43 Å². The first-order valence-electron chi connectivity index (χ1n) is 7.00. The van der Waals surface area contributed by atoms with E-state index in [1.165, 1.54) is 19.2 Å². The number of aromatic hydroxyl groups is 4. The Morgan fingerprint density at radius 1 is 0.821 bits per heavy atom. The summed E-state index contributed by atoms with van der Waals surface area (Å²) in [6, 6.07) is 5.26. The van der Waals surface area contributed by atoms with Gasteiger partial charge in [-0.25, -0.2) is 9.59 Å². The van der Waals surface area contributed by atoms with Gasteiger partial charge in [-0.05, 0) is 12.1 Å². The number of ether oxygens (including phenoxy) is 2. The van der Waals surface area contributed by atoms with Crippen LogP contribution in [0.3, 0.4) is 0 Å². The molecule has 0 unspecified atom stereocenters. The molecule has 2 rings (SSSR count). The standard InChI is InChI=1S/C8H7NO6.C8H8O4.CH4/c1-15-8(12)4-2-5(10)7(9(13)14)6(11)3-4;1-12-8(11)5-2-6(9)4-7(10)3-5;/h2-3,10-11H,1H3;2-4,9-10H,1H3;1H4. The first-order chi connectivity index (χ1) is 12.6. The Morgan fingerprint density at radius 2 is 1.18 bits per heavy atom. The Labute approximate surface area is 159 Å². The van der Waals surface area contributed by atoms with Crippen molar-refractivity contribution >= 4 is 17.6 Å². The van der Waals surface area contributed by atoms with Gasteiger partial charge in [-0.2, -0.15) is 0 Å². The van der Waals surface area contributed by atoms with Crippen LogP contribution in [0.1, 0.15) is 28.1 Å². The van der Waals surface area contributed by atoms with Crippen LogP contribution >= 0.6 is 0 Å². The van der Waals surface area contributed by atoms with Gasteiger partial charge >= 0.3 is 17.6 Å². The molecule has 2 aromatic carbocycles. The molecule has 28 heavy (non-hydrogen) atoms. The molecule has 0 radical (unpaired) electrons. The quantitative estimate of drug-likeness (QED) is 0.341. The van der Waals surface area contributed by atoms with Crippen molar-refractivity contribution in [2.45, 2.75) is 7.43 Å². The molecular weight excluding hydrogens is 378 g/mol. The number of nitrogens with zero attached hydrogens (tertiary/aromatic N) is 1. The van der Waals surface area contributed by atoms with E-state index in [1.54, 1.807) is 0 Å². The highest BCUT2D eigenvalue weighted by atomic mass is 16.6. The topological polar surface area (TPSA) is 177 Å². The Bertz CT molecular complexity index is 835. The number of esters is 2. The smallest absolute Gasteiger partial charge is 0.351 e. The van der Waals surface area contributed by atoms with Gasteiger partial charge in [0.05, 0.1) is 30.3 Å². The largest absolute Gasteiger partial charge is 0.508 e. The van der Waals surface area contributed by atoms with Crippen LogP contribution < -0.4 is 0 Å². The van der Waals surface area contributed by atoms with Crippen molar-refractivity contribution in [1.82, 2.24) is 0 Å². The molecule has 0 aliphatic rings. The first kappa shape index (κ1) is 24.0. The second-order valence-corrected chi connectivity index (χ2v) is 4.84. The second-order valence-electron chi connectivity index (χ2n) is 4.84. The van der Waals surface area contributed by atoms with Crippen LogP contribution in [0.4, 0.5) is 5.69 Å². The van der Waals surface area contributed by atoms with E-state index in [-0.39, 0.29) is 30.1 Å². The third-order valence-corrected chi connectivity index (χ3v) is 3.00. The van der Waals surface area contributed by atoms with Gasteiger partial charge in [0.1, 0.15) is 11.5 Å². The normalized spacial score (nSPS) is 9.21. The maximum Gasteiger partial charge on any atom is 0.351 e. The number of methoxy groups -OCH3 is 2. The highest BCUT2D eigenvalue weighted by Crippen LogP contribution is 2.36. The molecule has 0 aromatic heterocycles. The molecule has 11 heteroatoms. The monoisotopic (exact) mass is 397 g/mol. The van der Waals surface area contributed by atoms with Gasteiger partial charge in [0.15, 0.2) is 11.5 Å². The number of nitro benzene ring substituents is 1. The maximum absolute atomic E-state index is 11.0. The third-order valence-electron chi connectivity index (χ3n) is 3.00. The molecule has 0 atom stereocenters. The van der Waals surface area contributed by atoms with Gasteiger partial charge in [0, 0.05) is 18.2 Å². The lowest BCUT2D eigenvalue weighted by molar-refractivity contribution is -0.386. The van der Waals surface area contributed by atoms with E-state index in [4.69, 9.17) is 10.2 Å². The van der Waals surface area contributed by atoms with Crippen LogP contribution in [-0.4, -0.2) is 51.5 Å². The average Bonchev–Trinajstić information content (AvgIpc) is 2.59. The first-order valence-corrected chi connectivity index (χ1v) is 7.00. The summed E-state index contributed by atoms with van der Waals surface area (Å²) in [5, 5.41) is 46.7. The molecule has 2 aromatic rings. The lowest BCUT2D eigenvalue weighted by Crippen LogP contribution is -2.01. The van der Waals surface area contributed by atoms with E-state index in [0.29, 0.717) is 0 Å². The highest BCUT2D eigenvalue weighted by molar-refractivity contribution is 5.91. The fourth-order valence-corrected chi connectivity index (χ4v) is 1.86. The molecule has 0 aliphatic heterocycles. The molecule has 0 fully saturated rings. The minimum absolute atomic E-state index is 0. The van der Waals surface area contributed by atoms with E-state index in [1.807, 2.05) is 0 Å². The molecule has 0 saturated carbocycles. The Hall–Kier alpha value is -4.02. The third kappa shape index (κ3) is 6.05. The number of phenolic OH excluding ortho intramolecular Hbond substituents is 4. The minimum Gasteiger partial charge on any atom is -0.508 e. The number of carbonyl (C=O) groups excluding carboxylic acids is 2. The van der Waals surface area contributed by atoms with Gasteiger partial charge in [-0.15, -0.1) is 0 Å². The van der Waals surface area contributed by atoms with Crippen molar-refractivity contribution in [2.24, 2.45) is 0 Å². The van der Waals surface area contributed by atoms with E-state index in [0.717, 1.165) is 25.3 Å². The van der Waals surface area contributed by atoms with Gasteiger partial charge < -0.3 is 29.9 Å². The van der Waals surface area contributed by atoms with Crippen molar-refractivity contribution < 1.29 is 44.4 Å². The summed E-state index contributed by atoms with van der Waals surface area (Å²) in [5.74, 6) is -3.33. The van der Waals surface area contributed by atoms with E-state index in [9.17, 15) is 29.9 Å². The Morgan fingerprint density at radius 3 is 1.50 bits per heavy atom. The summed E-state index contributed by atoms with van der Waals surface area (Å²) < 4.78 is 8.70. The number of benzene rings is 2. The van der Waals surface area contributed by atoms with Crippen molar-refractivity contribution in [3.63, 3.8) is 0 Å². The molecule has 0 amide bonds. The predicted molar refractivity (Wildman–Crippen MR) is 95.6 cm³/mol. The lowest BCUT2D eigenvalue weighted by Gasteiger charge is -2.02. The molecule has 0 bridgehead atoms. The van der Waals surface area contributed by atoms with Crippen molar-refractivity contribution in [1.29, 1.82) is 0 Å². The lowest BCUT2D eigenvalue weighted by atomic mass is 10.1. The summed E-state index contributed by atoms with van der Waals surface area (Å²) in [6.07, 6.45) is 0. The molecule has 0 spiro atoms. The summed E-state index contributed by atoms with van der Waals surface area (Å²) in [4.78, 5) is 31.3. The van der Waals surface area contributed by atoms with E-state index >= 15 is 0 Å². The molecular formula is C17H19NO10. The van der Waals surface area contributed by atoms with Crippen LogP contribution in [0.25, 0.3) is 0 Å². The van der Waals surface area contributed by atoms with E-state index < -0.39 is 34.0 Å². The van der Waals surface area contributed by atoms with E-state index in [2.05, 4.69) is 9.47 Å². The van der Waals surface area contributed by atoms with Crippen molar-refractivity contribution in [3.05, 3.63) is 51.6 Å². The fraction of sp³-hybridized carbons (Fsp3) is 0.176. The maximum atomic E-state index is 11.0. The zero-order chi connectivity index (χ0) is 20.7. The van der Waals surface area contributed by atoms with Crippen molar-refractivity contribution in [2.75, 3.05) is 14.2 Å². The SMILES string of the molecule is C.COC(=O)c1cc(O)c([N+](=O)[O-])c(O)c1.COC(=O)c1cc(O)cc(O)c1. The molecule has 0 aliphatic carbocycles. The van der Waals surface area contributed by atoms with Gasteiger partial charge in [0.2, 0.25) is 0 Å². The minimum atomic E-state index is -0.953. The number of phenols is 4. The Kier molecular flexibility index (Phi) is 8.74. The number of carbonyl (C=O) groups is 2. The second kappa shape index (κ2) is 10.2. The summed E-state index contributed by atoms with van der Waals surface area (Å²) in [6.45, 7) is 0. The molecule has 0 heterocycles. The van der Waals surface area contributed by atoms with Gasteiger partial charge in [0.25, 0.3) is 0 Å². The predicted octanol–water partition coefficient (Wildman–Crippen LogP) is 2.31. The molecule has 0 saturated heterocycles. The number of hydrogen-bond acceptors (Lipinski definition) is 10. The molecule has 4 N–H and O–H groups in total. The average molecular weight is 397 g/mol. The molecule has 152 valence electrons. The summed E-state index contributed by atoms with van der Waals surface area (Å²) in [5.41, 5.74) is -0.893. The number of rotatable bonds is 3. The summed E-state index contributed by atoms with van der Waals surface area (Å²) >= 11 is 0. The number of hydrogen-bond donors (Lipinski definition) is 4. The van der Waals surface area contributed by atoms with Crippen LogP contribution in [-0.2, 0) is 9.47 Å². The zero-order valence-corrected chi connectivity index (χ0v) is 14.1. The highest BCUT2D eigenvalue weighted by Gasteiger charge is 2.22. The Balaban J connectivity index is 0.000000514. The van der Waals surface area contributed by atoms with Crippen molar-refractivity contribution in [3.8, 4) is 23.0 Å². The van der Waals surface area contributed by atoms with Crippen LogP contribution in [0, 0.1) is 10.1 Å². The van der Waals surface area contributed by atoms with Crippen LogP contribution in [0.15, 0.2) is 30.3 Å². The fourth-order valence-electron chi connectivity index (χ4n) is 1.86. The molecule has 11 nitrogen and oxygen atoms in total.